The molecule has 1 fully saturated rings. The minimum atomic E-state index is -3.16. The van der Waals surface area contributed by atoms with Gasteiger partial charge >= 0.3 is 6.09 Å². The van der Waals surface area contributed by atoms with Gasteiger partial charge in [0, 0.05) is 6.04 Å². The number of hydrogen-bond acceptors (Lipinski definition) is 5. The zero-order valence-electron chi connectivity index (χ0n) is 10.8. The standard InChI is InChI=1S/C11H18N2O4S/c1-11(2,3)17-10(14)13-9-4-5-18(15,16)7-8(9)6-12/h8-9H,4-5,7H2,1-3H3,(H,13,14)/t8-,9-/m1/s1. The van der Waals surface area contributed by atoms with Gasteiger partial charge < -0.3 is 10.1 Å². The summed E-state index contributed by atoms with van der Waals surface area (Å²) in [5, 5.41) is 11.5. The first kappa shape index (κ1) is 14.8. The average molecular weight is 274 g/mol. The van der Waals surface area contributed by atoms with Gasteiger partial charge in [0.15, 0.2) is 9.84 Å². The largest absolute Gasteiger partial charge is 0.444 e. The Labute approximate surface area is 107 Å². The van der Waals surface area contributed by atoms with E-state index in [1.54, 1.807) is 20.8 Å². The Morgan fingerprint density at radius 3 is 2.56 bits per heavy atom. The molecule has 7 heteroatoms. The van der Waals surface area contributed by atoms with Gasteiger partial charge in [0.1, 0.15) is 5.60 Å². The lowest BCUT2D eigenvalue weighted by Gasteiger charge is -2.29. The van der Waals surface area contributed by atoms with Crippen molar-refractivity contribution in [2.45, 2.75) is 38.8 Å². The van der Waals surface area contributed by atoms with Crippen LogP contribution in [0.4, 0.5) is 4.79 Å². The van der Waals surface area contributed by atoms with Crippen molar-refractivity contribution >= 4 is 15.9 Å². The van der Waals surface area contributed by atoms with Crippen LogP contribution in [0.25, 0.3) is 0 Å². The first-order chi connectivity index (χ1) is 8.13. The highest BCUT2D eigenvalue weighted by atomic mass is 32.2. The molecule has 102 valence electrons. The third kappa shape index (κ3) is 4.53. The molecule has 1 heterocycles. The number of amides is 1. The second-order valence-corrected chi connectivity index (χ2v) is 7.62. The van der Waals surface area contributed by atoms with Crippen LogP contribution in [0.15, 0.2) is 0 Å². The number of carbonyl (C=O) groups is 1. The van der Waals surface area contributed by atoms with Gasteiger partial charge in [0.2, 0.25) is 0 Å². The number of nitrogens with zero attached hydrogens (tertiary/aromatic N) is 1. The summed E-state index contributed by atoms with van der Waals surface area (Å²) in [6, 6.07) is 1.46. The number of rotatable bonds is 1. The average Bonchev–Trinajstić information content (AvgIpc) is 2.17. The first-order valence-corrected chi connectivity index (χ1v) is 7.55. The van der Waals surface area contributed by atoms with E-state index in [9.17, 15) is 13.2 Å². The van der Waals surface area contributed by atoms with Crippen LogP contribution in [-0.4, -0.2) is 37.7 Å². The predicted molar refractivity (Wildman–Crippen MR) is 65.5 cm³/mol. The molecule has 1 aliphatic heterocycles. The number of sulfone groups is 1. The molecule has 0 aromatic rings. The van der Waals surface area contributed by atoms with Crippen LogP contribution in [0.5, 0.6) is 0 Å². The monoisotopic (exact) mass is 274 g/mol. The molecular weight excluding hydrogens is 256 g/mol. The summed E-state index contributed by atoms with van der Waals surface area (Å²) in [7, 11) is -3.16. The predicted octanol–water partition coefficient (Wildman–Crippen LogP) is 0.838. The van der Waals surface area contributed by atoms with Gasteiger partial charge in [-0.25, -0.2) is 13.2 Å². The summed E-state index contributed by atoms with van der Waals surface area (Å²) >= 11 is 0. The molecule has 0 unspecified atom stereocenters. The van der Waals surface area contributed by atoms with E-state index in [0.29, 0.717) is 0 Å². The van der Waals surface area contributed by atoms with Gasteiger partial charge in [0.25, 0.3) is 0 Å². The van der Waals surface area contributed by atoms with Crippen molar-refractivity contribution < 1.29 is 17.9 Å². The molecule has 1 aliphatic rings. The van der Waals surface area contributed by atoms with Gasteiger partial charge in [-0.2, -0.15) is 5.26 Å². The molecule has 6 nitrogen and oxygen atoms in total. The first-order valence-electron chi connectivity index (χ1n) is 5.72. The maximum atomic E-state index is 11.6. The van der Waals surface area contributed by atoms with Gasteiger partial charge in [-0.15, -0.1) is 0 Å². The molecule has 1 saturated heterocycles. The fourth-order valence-corrected chi connectivity index (χ4v) is 3.37. The highest BCUT2D eigenvalue weighted by molar-refractivity contribution is 7.91. The molecule has 0 aliphatic carbocycles. The number of alkyl carbamates (subject to hydrolysis) is 1. The number of nitriles is 1. The number of carbonyl (C=O) groups excluding carboxylic acids is 1. The quantitative estimate of drug-likeness (QED) is 0.764. The molecule has 1 rings (SSSR count). The van der Waals surface area contributed by atoms with Crippen LogP contribution < -0.4 is 5.32 Å². The number of hydrogen-bond donors (Lipinski definition) is 1. The van der Waals surface area contributed by atoms with E-state index in [1.807, 2.05) is 6.07 Å². The molecule has 2 atom stereocenters. The van der Waals surface area contributed by atoms with Crippen molar-refractivity contribution in [3.05, 3.63) is 0 Å². The Hall–Kier alpha value is -1.29. The zero-order valence-corrected chi connectivity index (χ0v) is 11.6. The van der Waals surface area contributed by atoms with E-state index in [1.165, 1.54) is 0 Å². The van der Waals surface area contributed by atoms with E-state index in [0.717, 1.165) is 0 Å². The maximum Gasteiger partial charge on any atom is 0.407 e. The van der Waals surface area contributed by atoms with E-state index < -0.39 is 33.5 Å². The Kier molecular flexibility index (Phi) is 4.22. The molecule has 0 spiro atoms. The molecule has 0 bridgehead atoms. The lowest BCUT2D eigenvalue weighted by Crippen LogP contribution is -2.48. The minimum Gasteiger partial charge on any atom is -0.444 e. The van der Waals surface area contributed by atoms with Crippen molar-refractivity contribution in [3.63, 3.8) is 0 Å². The second-order valence-electron chi connectivity index (χ2n) is 5.39. The van der Waals surface area contributed by atoms with Gasteiger partial charge in [0.05, 0.1) is 23.5 Å². The molecule has 1 amide bonds. The van der Waals surface area contributed by atoms with E-state index in [4.69, 9.17) is 10.00 Å². The second kappa shape index (κ2) is 5.14. The molecule has 0 radical (unpaired) electrons. The third-order valence-electron chi connectivity index (χ3n) is 2.53. The smallest absolute Gasteiger partial charge is 0.407 e. The van der Waals surface area contributed by atoms with Crippen LogP contribution in [-0.2, 0) is 14.6 Å². The van der Waals surface area contributed by atoms with Gasteiger partial charge in [-0.05, 0) is 27.2 Å². The maximum absolute atomic E-state index is 11.6. The molecular formula is C11H18N2O4S. The summed E-state index contributed by atoms with van der Waals surface area (Å²) in [6.45, 7) is 5.21. The topological polar surface area (TPSA) is 96.3 Å². The van der Waals surface area contributed by atoms with Gasteiger partial charge in [-0.3, -0.25) is 0 Å². The normalized spacial score (nSPS) is 27.0. The van der Waals surface area contributed by atoms with Crippen LogP contribution in [0, 0.1) is 17.2 Å². The van der Waals surface area contributed by atoms with Crippen LogP contribution in [0.1, 0.15) is 27.2 Å². The van der Waals surface area contributed by atoms with Crippen molar-refractivity contribution in [2.75, 3.05) is 11.5 Å². The Morgan fingerprint density at radius 1 is 1.44 bits per heavy atom. The molecule has 0 aromatic heterocycles. The van der Waals surface area contributed by atoms with Crippen LogP contribution >= 0.6 is 0 Å². The highest BCUT2D eigenvalue weighted by Gasteiger charge is 2.34. The summed E-state index contributed by atoms with van der Waals surface area (Å²) < 4.78 is 27.8. The van der Waals surface area contributed by atoms with E-state index in [2.05, 4.69) is 5.32 Å². The molecule has 0 saturated carbocycles. The van der Waals surface area contributed by atoms with E-state index >= 15 is 0 Å². The Morgan fingerprint density at radius 2 is 2.06 bits per heavy atom. The lowest BCUT2D eigenvalue weighted by molar-refractivity contribution is 0.0493. The fraction of sp³-hybridized carbons (Fsp3) is 0.818. The van der Waals surface area contributed by atoms with Crippen LogP contribution in [0.3, 0.4) is 0 Å². The highest BCUT2D eigenvalue weighted by Crippen LogP contribution is 2.19. The zero-order chi connectivity index (χ0) is 14.0. The molecule has 1 N–H and O–H groups in total. The van der Waals surface area contributed by atoms with Crippen molar-refractivity contribution in [2.24, 2.45) is 5.92 Å². The summed E-state index contributed by atoms with van der Waals surface area (Å²) in [5.74, 6) is -0.924. The number of ether oxygens (including phenoxy) is 1. The van der Waals surface area contributed by atoms with Gasteiger partial charge in [-0.1, -0.05) is 0 Å². The van der Waals surface area contributed by atoms with E-state index in [-0.39, 0.29) is 17.9 Å². The third-order valence-corrected chi connectivity index (χ3v) is 4.25. The van der Waals surface area contributed by atoms with Crippen molar-refractivity contribution in [3.8, 4) is 6.07 Å². The van der Waals surface area contributed by atoms with Crippen molar-refractivity contribution in [1.82, 2.24) is 5.32 Å². The summed E-state index contributed by atoms with van der Waals surface area (Å²) in [4.78, 5) is 11.6. The van der Waals surface area contributed by atoms with Crippen LogP contribution in [0.2, 0.25) is 0 Å². The summed E-state index contributed by atoms with van der Waals surface area (Å²) in [5.41, 5.74) is -0.618. The molecule has 18 heavy (non-hydrogen) atoms. The van der Waals surface area contributed by atoms with Crippen molar-refractivity contribution in [1.29, 1.82) is 5.26 Å². The molecule has 0 aromatic carbocycles. The fourth-order valence-electron chi connectivity index (χ4n) is 1.74. The summed E-state index contributed by atoms with van der Waals surface area (Å²) in [6.07, 6.45) is -0.369. The minimum absolute atomic E-state index is 0.00829. The SMILES string of the molecule is CC(C)(C)OC(=O)N[C@@H]1CCS(=O)(=O)C[C@H]1C#N. The number of nitrogens with one attached hydrogen (secondary N) is 1. The Bertz CT molecular complexity index is 458. The Balaban J connectivity index is 2.63. The lowest BCUT2D eigenvalue weighted by atomic mass is 10.0.